The molecule has 0 aromatic carbocycles. The third kappa shape index (κ3) is 4.15. The van der Waals surface area contributed by atoms with Crippen molar-refractivity contribution in [2.75, 3.05) is 39.3 Å². The van der Waals surface area contributed by atoms with Gasteiger partial charge in [-0.3, -0.25) is 14.5 Å². The zero-order valence-electron chi connectivity index (χ0n) is 17.5. The van der Waals surface area contributed by atoms with Crippen molar-refractivity contribution in [1.82, 2.24) is 24.7 Å². The van der Waals surface area contributed by atoms with Crippen LogP contribution in [0.3, 0.4) is 0 Å². The summed E-state index contributed by atoms with van der Waals surface area (Å²) in [5.74, 6) is 0.720. The zero-order valence-corrected chi connectivity index (χ0v) is 17.5. The molecule has 2 aromatic heterocycles. The summed E-state index contributed by atoms with van der Waals surface area (Å²) in [6.07, 6.45) is 4.52. The highest BCUT2D eigenvalue weighted by Crippen LogP contribution is 2.33. The maximum absolute atomic E-state index is 12.3. The maximum atomic E-state index is 12.3. The Bertz CT molecular complexity index is 884. The fourth-order valence-electron chi connectivity index (χ4n) is 4.72. The largest absolute Gasteiger partial charge is 0.343 e. The van der Waals surface area contributed by atoms with Crippen LogP contribution >= 0.6 is 0 Å². The normalized spacial score (nSPS) is 21.0. The molecule has 0 bridgehead atoms. The summed E-state index contributed by atoms with van der Waals surface area (Å²) in [7, 11) is 0. The van der Waals surface area contributed by atoms with E-state index in [9.17, 15) is 9.59 Å². The average Bonchev–Trinajstić information content (AvgIpc) is 3.12. The van der Waals surface area contributed by atoms with Crippen molar-refractivity contribution >= 4 is 22.8 Å². The first-order valence-electron chi connectivity index (χ1n) is 10.8. The van der Waals surface area contributed by atoms with Crippen molar-refractivity contribution in [2.45, 2.75) is 45.6 Å². The molecular weight excluding hydrogens is 366 g/mol. The van der Waals surface area contributed by atoms with E-state index >= 15 is 0 Å². The molecule has 2 amide bonds. The summed E-state index contributed by atoms with van der Waals surface area (Å²) >= 11 is 0. The standard InChI is InChI=1S/C22H31N5O2/c1-3-20(29)27-9-5-6-17(14-27)21-19(18-7-4-8-23-22(18)24-21)15-25-10-12-26(13-11-25)16(2)28/h4,7-8,17H,3,5-6,9-15H2,1-2H3,(H,23,24)/t17-/m0/s1. The number of nitrogens with one attached hydrogen (secondary N) is 1. The number of piperidine rings is 1. The third-order valence-corrected chi connectivity index (χ3v) is 6.40. The Morgan fingerprint density at radius 2 is 1.97 bits per heavy atom. The first-order valence-corrected chi connectivity index (χ1v) is 10.8. The van der Waals surface area contributed by atoms with E-state index in [1.165, 1.54) is 16.6 Å². The van der Waals surface area contributed by atoms with Gasteiger partial charge in [0.1, 0.15) is 5.65 Å². The summed E-state index contributed by atoms with van der Waals surface area (Å²) < 4.78 is 0. The van der Waals surface area contributed by atoms with Gasteiger partial charge in [-0.1, -0.05) is 6.92 Å². The highest BCUT2D eigenvalue weighted by molar-refractivity contribution is 5.81. The Labute approximate surface area is 172 Å². The molecule has 0 unspecified atom stereocenters. The number of nitrogens with zero attached hydrogens (tertiary/aromatic N) is 4. The number of pyridine rings is 1. The molecule has 0 spiro atoms. The van der Waals surface area contributed by atoms with Crippen molar-refractivity contribution in [3.63, 3.8) is 0 Å². The lowest BCUT2D eigenvalue weighted by Gasteiger charge is -2.35. The van der Waals surface area contributed by atoms with Gasteiger partial charge in [0.25, 0.3) is 0 Å². The summed E-state index contributed by atoms with van der Waals surface area (Å²) in [6.45, 7) is 9.42. The molecule has 4 heterocycles. The van der Waals surface area contributed by atoms with E-state index in [0.717, 1.165) is 64.3 Å². The van der Waals surface area contributed by atoms with Crippen LogP contribution in [0.1, 0.15) is 50.3 Å². The Balaban J connectivity index is 1.58. The molecular formula is C22H31N5O2. The highest BCUT2D eigenvalue weighted by atomic mass is 16.2. The zero-order chi connectivity index (χ0) is 20.4. The predicted molar refractivity (Wildman–Crippen MR) is 112 cm³/mol. The van der Waals surface area contributed by atoms with Crippen LogP contribution in [0.2, 0.25) is 0 Å². The fraction of sp³-hybridized carbons (Fsp3) is 0.591. The maximum Gasteiger partial charge on any atom is 0.222 e. The fourth-order valence-corrected chi connectivity index (χ4v) is 4.72. The number of H-pyrrole nitrogens is 1. The molecule has 7 nitrogen and oxygen atoms in total. The SMILES string of the molecule is CCC(=O)N1CCC[C@H](c2[nH]c3ncccc3c2CN2CCN(C(C)=O)CC2)C1. The quantitative estimate of drug-likeness (QED) is 0.860. The number of carbonyl (C=O) groups excluding carboxylic acids is 2. The van der Waals surface area contributed by atoms with E-state index in [1.54, 1.807) is 6.92 Å². The van der Waals surface area contributed by atoms with Gasteiger partial charge in [0.2, 0.25) is 11.8 Å². The van der Waals surface area contributed by atoms with Gasteiger partial charge in [0, 0.05) is 82.4 Å². The molecule has 2 aromatic rings. The average molecular weight is 398 g/mol. The minimum Gasteiger partial charge on any atom is -0.343 e. The topological polar surface area (TPSA) is 72.5 Å². The molecule has 2 saturated heterocycles. The smallest absolute Gasteiger partial charge is 0.222 e. The summed E-state index contributed by atoms with van der Waals surface area (Å²) in [6, 6.07) is 4.13. The first-order chi connectivity index (χ1) is 14.1. The van der Waals surface area contributed by atoms with E-state index in [-0.39, 0.29) is 11.8 Å². The van der Waals surface area contributed by atoms with Crippen LogP contribution in [0.4, 0.5) is 0 Å². The predicted octanol–water partition coefficient (Wildman–Crippen LogP) is 2.34. The van der Waals surface area contributed by atoms with Crippen LogP contribution in [-0.2, 0) is 16.1 Å². The number of aromatic amines is 1. The van der Waals surface area contributed by atoms with Gasteiger partial charge in [-0.15, -0.1) is 0 Å². The number of hydrogen-bond donors (Lipinski definition) is 1. The summed E-state index contributed by atoms with van der Waals surface area (Å²) in [5, 5.41) is 1.18. The first kappa shape index (κ1) is 19.9. The Kier molecular flexibility index (Phi) is 5.85. The number of piperazine rings is 1. The highest BCUT2D eigenvalue weighted by Gasteiger charge is 2.29. The van der Waals surface area contributed by atoms with Crippen LogP contribution in [0.5, 0.6) is 0 Å². The lowest BCUT2D eigenvalue weighted by molar-refractivity contribution is -0.132. The molecule has 29 heavy (non-hydrogen) atoms. The van der Waals surface area contributed by atoms with E-state index < -0.39 is 0 Å². The van der Waals surface area contributed by atoms with Gasteiger partial charge >= 0.3 is 0 Å². The number of aromatic nitrogens is 2. The number of rotatable bonds is 4. The minimum absolute atomic E-state index is 0.157. The van der Waals surface area contributed by atoms with E-state index in [4.69, 9.17) is 0 Å². The Hall–Kier alpha value is -2.41. The monoisotopic (exact) mass is 397 g/mol. The van der Waals surface area contributed by atoms with Crippen molar-refractivity contribution in [2.24, 2.45) is 0 Å². The van der Waals surface area contributed by atoms with Crippen LogP contribution < -0.4 is 0 Å². The second-order valence-electron chi connectivity index (χ2n) is 8.23. The molecule has 2 fully saturated rings. The van der Waals surface area contributed by atoms with Gasteiger partial charge in [-0.05, 0) is 30.5 Å². The molecule has 2 aliphatic rings. The van der Waals surface area contributed by atoms with Crippen molar-refractivity contribution in [3.8, 4) is 0 Å². The summed E-state index contributed by atoms with van der Waals surface area (Å²) in [4.78, 5) is 38.4. The second-order valence-corrected chi connectivity index (χ2v) is 8.23. The number of amides is 2. The van der Waals surface area contributed by atoms with Gasteiger partial charge in [-0.25, -0.2) is 4.98 Å². The van der Waals surface area contributed by atoms with Crippen molar-refractivity contribution in [3.05, 3.63) is 29.6 Å². The van der Waals surface area contributed by atoms with E-state index in [0.29, 0.717) is 12.3 Å². The molecule has 0 radical (unpaired) electrons. The molecule has 0 aliphatic carbocycles. The third-order valence-electron chi connectivity index (χ3n) is 6.40. The molecule has 156 valence electrons. The van der Waals surface area contributed by atoms with E-state index in [1.807, 2.05) is 29.0 Å². The minimum atomic E-state index is 0.157. The van der Waals surface area contributed by atoms with Crippen molar-refractivity contribution < 1.29 is 9.59 Å². The number of carbonyl (C=O) groups is 2. The molecule has 2 aliphatic heterocycles. The number of hydrogen-bond acceptors (Lipinski definition) is 4. The van der Waals surface area contributed by atoms with Gasteiger partial charge in [0.15, 0.2) is 0 Å². The molecule has 0 saturated carbocycles. The van der Waals surface area contributed by atoms with Gasteiger partial charge in [0.05, 0.1) is 0 Å². The van der Waals surface area contributed by atoms with Crippen LogP contribution in [0.25, 0.3) is 11.0 Å². The number of fused-ring (bicyclic) bond motifs is 1. The second kappa shape index (κ2) is 8.53. The Morgan fingerprint density at radius 1 is 1.17 bits per heavy atom. The van der Waals surface area contributed by atoms with Gasteiger partial charge < -0.3 is 14.8 Å². The summed E-state index contributed by atoms with van der Waals surface area (Å²) in [5.41, 5.74) is 3.47. The van der Waals surface area contributed by atoms with Crippen molar-refractivity contribution in [1.29, 1.82) is 0 Å². The lowest BCUT2D eigenvalue weighted by Crippen LogP contribution is -2.47. The number of likely N-dealkylation sites (tertiary alicyclic amines) is 1. The molecule has 4 rings (SSSR count). The molecule has 1 N–H and O–H groups in total. The lowest BCUT2D eigenvalue weighted by atomic mass is 9.91. The molecule has 1 atom stereocenters. The van der Waals surface area contributed by atoms with Gasteiger partial charge in [-0.2, -0.15) is 0 Å². The van der Waals surface area contributed by atoms with Crippen LogP contribution in [0, 0.1) is 0 Å². The van der Waals surface area contributed by atoms with Crippen LogP contribution in [-0.4, -0.2) is 75.8 Å². The Morgan fingerprint density at radius 3 is 2.69 bits per heavy atom. The van der Waals surface area contributed by atoms with Crippen LogP contribution in [0.15, 0.2) is 18.3 Å². The molecule has 7 heteroatoms. The van der Waals surface area contributed by atoms with E-state index in [2.05, 4.69) is 20.9 Å².